The number of hydrogen-bond donors (Lipinski definition) is 2. The molecule has 1 heterocycles. The Morgan fingerprint density at radius 1 is 1.09 bits per heavy atom. The molecule has 22 heavy (non-hydrogen) atoms. The van der Waals surface area contributed by atoms with E-state index in [-0.39, 0.29) is 5.75 Å². The largest absolute Gasteiger partial charge is 0.367 e. The molecule has 1 aliphatic carbocycles. The van der Waals surface area contributed by atoms with E-state index in [0.29, 0.717) is 18.2 Å². The minimum atomic E-state index is -3.37. The molecule has 0 bridgehead atoms. The number of pyridine rings is 1. The van der Waals surface area contributed by atoms with Crippen molar-refractivity contribution >= 4 is 21.5 Å². The van der Waals surface area contributed by atoms with Gasteiger partial charge in [-0.1, -0.05) is 30.3 Å². The summed E-state index contributed by atoms with van der Waals surface area (Å²) >= 11 is 0. The van der Waals surface area contributed by atoms with Crippen LogP contribution in [0.2, 0.25) is 0 Å². The van der Waals surface area contributed by atoms with Gasteiger partial charge in [-0.25, -0.2) is 13.4 Å². The van der Waals surface area contributed by atoms with Crippen LogP contribution in [-0.2, 0) is 16.4 Å². The molecule has 0 atom stereocenters. The first-order valence-electron chi connectivity index (χ1n) is 7.38. The third-order valence-electron chi connectivity index (χ3n) is 3.47. The van der Waals surface area contributed by atoms with Crippen LogP contribution < -0.4 is 10.0 Å². The van der Waals surface area contributed by atoms with Crippen LogP contribution in [0, 0.1) is 0 Å². The van der Waals surface area contributed by atoms with Crippen molar-refractivity contribution < 1.29 is 8.42 Å². The Balaban J connectivity index is 1.56. The quantitative estimate of drug-likeness (QED) is 0.823. The van der Waals surface area contributed by atoms with Gasteiger partial charge in [0.25, 0.3) is 0 Å². The van der Waals surface area contributed by atoms with Crippen molar-refractivity contribution in [3.63, 3.8) is 0 Å². The predicted octanol–water partition coefficient (Wildman–Crippen LogP) is 2.64. The van der Waals surface area contributed by atoms with E-state index in [1.807, 2.05) is 30.3 Å². The Labute approximate surface area is 130 Å². The fourth-order valence-corrected chi connectivity index (χ4v) is 3.19. The maximum absolute atomic E-state index is 12.1. The van der Waals surface area contributed by atoms with Crippen molar-refractivity contribution in [2.75, 3.05) is 15.8 Å². The molecule has 0 aliphatic heterocycles. The number of nitrogens with zero attached hydrogens (tertiary/aromatic N) is 1. The molecule has 0 amide bonds. The highest BCUT2D eigenvalue weighted by molar-refractivity contribution is 7.92. The topological polar surface area (TPSA) is 71.1 Å². The van der Waals surface area contributed by atoms with Crippen molar-refractivity contribution in [3.8, 4) is 0 Å². The van der Waals surface area contributed by atoms with E-state index in [0.717, 1.165) is 11.4 Å². The average molecular weight is 317 g/mol. The van der Waals surface area contributed by atoms with Crippen molar-refractivity contribution in [3.05, 3.63) is 54.2 Å². The second-order valence-electron chi connectivity index (χ2n) is 5.51. The van der Waals surface area contributed by atoms with E-state index in [4.69, 9.17) is 0 Å². The standard InChI is InChI=1S/C16H19N3O2S/c20-22(21,11-10-13-4-2-1-3-5-13)19-15-8-9-16(17-12-15)18-14-6-7-14/h1-5,8-9,12,14,19H,6-7,10-11H2,(H,17,18). The van der Waals surface area contributed by atoms with E-state index in [2.05, 4.69) is 15.0 Å². The van der Waals surface area contributed by atoms with Crippen LogP contribution in [0.3, 0.4) is 0 Å². The van der Waals surface area contributed by atoms with Crippen LogP contribution >= 0.6 is 0 Å². The van der Waals surface area contributed by atoms with Crippen molar-refractivity contribution in [1.29, 1.82) is 0 Å². The zero-order valence-electron chi connectivity index (χ0n) is 12.2. The van der Waals surface area contributed by atoms with Gasteiger partial charge in [-0.2, -0.15) is 0 Å². The van der Waals surface area contributed by atoms with Gasteiger partial charge in [0.2, 0.25) is 10.0 Å². The Morgan fingerprint density at radius 3 is 2.50 bits per heavy atom. The Bertz CT molecular complexity index is 711. The summed E-state index contributed by atoms with van der Waals surface area (Å²) < 4.78 is 26.7. The average Bonchev–Trinajstić information content (AvgIpc) is 3.32. The molecule has 1 saturated carbocycles. The summed E-state index contributed by atoms with van der Waals surface area (Å²) in [6.07, 6.45) is 4.39. The first kappa shape index (κ1) is 14.8. The number of aromatic nitrogens is 1. The molecule has 1 aromatic heterocycles. The highest BCUT2D eigenvalue weighted by Gasteiger charge is 2.21. The zero-order chi connectivity index (χ0) is 15.4. The second-order valence-corrected chi connectivity index (χ2v) is 7.35. The fourth-order valence-electron chi connectivity index (χ4n) is 2.10. The van der Waals surface area contributed by atoms with Crippen molar-refractivity contribution in [2.45, 2.75) is 25.3 Å². The summed E-state index contributed by atoms with van der Waals surface area (Å²) in [7, 11) is -3.37. The third kappa shape index (κ3) is 4.46. The van der Waals surface area contributed by atoms with Crippen molar-refractivity contribution in [1.82, 2.24) is 4.98 Å². The van der Waals surface area contributed by atoms with Gasteiger partial charge < -0.3 is 5.32 Å². The summed E-state index contributed by atoms with van der Waals surface area (Å²) in [6.45, 7) is 0. The number of benzene rings is 1. The molecule has 1 fully saturated rings. The van der Waals surface area contributed by atoms with Gasteiger partial charge in [0.15, 0.2) is 0 Å². The zero-order valence-corrected chi connectivity index (χ0v) is 13.0. The summed E-state index contributed by atoms with van der Waals surface area (Å²) in [5.74, 6) is 0.841. The van der Waals surface area contributed by atoms with E-state index < -0.39 is 10.0 Å². The summed E-state index contributed by atoms with van der Waals surface area (Å²) in [6, 6.07) is 13.6. The normalized spacial score (nSPS) is 14.5. The first-order chi connectivity index (χ1) is 10.6. The molecule has 0 unspecified atom stereocenters. The highest BCUT2D eigenvalue weighted by Crippen LogP contribution is 2.24. The molecule has 1 aliphatic rings. The van der Waals surface area contributed by atoms with Gasteiger partial charge in [0, 0.05) is 6.04 Å². The predicted molar refractivity (Wildman–Crippen MR) is 88.4 cm³/mol. The molecule has 2 N–H and O–H groups in total. The van der Waals surface area contributed by atoms with Gasteiger partial charge in [-0.15, -0.1) is 0 Å². The number of aryl methyl sites for hydroxylation is 1. The van der Waals surface area contributed by atoms with Crippen molar-refractivity contribution in [2.24, 2.45) is 0 Å². The number of nitrogens with one attached hydrogen (secondary N) is 2. The molecule has 6 heteroatoms. The Morgan fingerprint density at radius 2 is 1.86 bits per heavy atom. The van der Waals surface area contributed by atoms with Gasteiger partial charge in [0.05, 0.1) is 17.6 Å². The Kier molecular flexibility index (Phi) is 4.29. The van der Waals surface area contributed by atoms with E-state index in [1.165, 1.54) is 12.8 Å². The van der Waals surface area contributed by atoms with E-state index in [9.17, 15) is 8.42 Å². The SMILES string of the molecule is O=S(=O)(CCc1ccccc1)Nc1ccc(NC2CC2)nc1. The lowest BCUT2D eigenvalue weighted by Gasteiger charge is -2.09. The first-order valence-corrected chi connectivity index (χ1v) is 9.03. The molecular formula is C16H19N3O2S. The van der Waals surface area contributed by atoms with Gasteiger partial charge in [0.1, 0.15) is 5.82 Å². The number of anilines is 2. The fraction of sp³-hybridized carbons (Fsp3) is 0.312. The molecular weight excluding hydrogens is 298 g/mol. The number of rotatable bonds is 7. The molecule has 0 saturated heterocycles. The minimum Gasteiger partial charge on any atom is -0.367 e. The maximum Gasteiger partial charge on any atom is 0.233 e. The van der Waals surface area contributed by atoms with Gasteiger partial charge in [-0.05, 0) is 37.0 Å². The lowest BCUT2D eigenvalue weighted by Crippen LogP contribution is -2.18. The van der Waals surface area contributed by atoms with E-state index >= 15 is 0 Å². The third-order valence-corrected chi connectivity index (χ3v) is 4.76. The van der Waals surface area contributed by atoms with Crippen LogP contribution in [0.15, 0.2) is 48.7 Å². The van der Waals surface area contributed by atoms with Crippen LogP contribution in [0.1, 0.15) is 18.4 Å². The molecule has 116 valence electrons. The Hall–Kier alpha value is -2.08. The van der Waals surface area contributed by atoms with Crippen LogP contribution in [0.25, 0.3) is 0 Å². The van der Waals surface area contributed by atoms with Crippen LogP contribution in [0.5, 0.6) is 0 Å². The molecule has 0 radical (unpaired) electrons. The molecule has 3 rings (SSSR count). The lowest BCUT2D eigenvalue weighted by atomic mass is 10.2. The van der Waals surface area contributed by atoms with E-state index in [1.54, 1.807) is 18.3 Å². The summed E-state index contributed by atoms with van der Waals surface area (Å²) in [5.41, 5.74) is 1.50. The molecule has 5 nitrogen and oxygen atoms in total. The molecule has 1 aromatic carbocycles. The van der Waals surface area contributed by atoms with Gasteiger partial charge in [-0.3, -0.25) is 4.72 Å². The number of sulfonamides is 1. The highest BCUT2D eigenvalue weighted by atomic mass is 32.2. The molecule has 2 aromatic rings. The minimum absolute atomic E-state index is 0.0547. The van der Waals surface area contributed by atoms with Crippen LogP contribution in [0.4, 0.5) is 11.5 Å². The number of hydrogen-bond acceptors (Lipinski definition) is 4. The smallest absolute Gasteiger partial charge is 0.233 e. The van der Waals surface area contributed by atoms with Gasteiger partial charge >= 0.3 is 0 Å². The maximum atomic E-state index is 12.1. The lowest BCUT2D eigenvalue weighted by molar-refractivity contribution is 0.600. The summed E-state index contributed by atoms with van der Waals surface area (Å²) in [5, 5.41) is 3.26. The summed E-state index contributed by atoms with van der Waals surface area (Å²) in [4.78, 5) is 4.22. The monoisotopic (exact) mass is 317 g/mol. The second kappa shape index (κ2) is 6.36. The van der Waals surface area contributed by atoms with Crippen LogP contribution in [-0.4, -0.2) is 25.2 Å². The molecule has 0 spiro atoms.